The molecule has 120 valence electrons. The van der Waals surface area contributed by atoms with Gasteiger partial charge in [0.2, 0.25) is 0 Å². The SMILES string of the molecule is CCCC[NH2+][C@H](C)c1nc2ccccc2c(=O)n1CCOC. The molecule has 0 aliphatic rings. The van der Waals surface area contributed by atoms with Gasteiger partial charge >= 0.3 is 0 Å². The van der Waals surface area contributed by atoms with Gasteiger partial charge in [0.1, 0.15) is 6.04 Å². The van der Waals surface area contributed by atoms with E-state index in [0.717, 1.165) is 17.9 Å². The first kappa shape index (κ1) is 16.6. The highest BCUT2D eigenvalue weighted by molar-refractivity contribution is 5.77. The Morgan fingerprint density at radius 1 is 1.36 bits per heavy atom. The lowest BCUT2D eigenvalue weighted by Gasteiger charge is -2.17. The largest absolute Gasteiger partial charge is 0.383 e. The number of benzene rings is 1. The number of hydrogen-bond acceptors (Lipinski definition) is 3. The van der Waals surface area contributed by atoms with E-state index >= 15 is 0 Å². The molecule has 0 fully saturated rings. The highest BCUT2D eigenvalue weighted by Gasteiger charge is 2.18. The summed E-state index contributed by atoms with van der Waals surface area (Å²) in [6, 6.07) is 7.69. The van der Waals surface area contributed by atoms with Crippen LogP contribution in [0, 0.1) is 0 Å². The van der Waals surface area contributed by atoms with Crippen LogP contribution in [0.1, 0.15) is 38.6 Å². The normalized spacial score (nSPS) is 12.7. The van der Waals surface area contributed by atoms with Crippen LogP contribution < -0.4 is 10.9 Å². The van der Waals surface area contributed by atoms with Gasteiger partial charge in [0.05, 0.1) is 30.6 Å². The Morgan fingerprint density at radius 2 is 2.14 bits per heavy atom. The molecule has 0 radical (unpaired) electrons. The summed E-state index contributed by atoms with van der Waals surface area (Å²) in [5.74, 6) is 0.830. The van der Waals surface area contributed by atoms with Gasteiger partial charge in [-0.15, -0.1) is 0 Å². The highest BCUT2D eigenvalue weighted by Crippen LogP contribution is 2.11. The van der Waals surface area contributed by atoms with Crippen LogP contribution in [-0.2, 0) is 11.3 Å². The van der Waals surface area contributed by atoms with Crippen molar-refractivity contribution in [2.75, 3.05) is 20.3 Å². The molecular weight excluding hydrogens is 278 g/mol. The van der Waals surface area contributed by atoms with Crippen LogP contribution >= 0.6 is 0 Å². The maximum atomic E-state index is 12.7. The molecule has 1 heterocycles. The second-order valence-corrected chi connectivity index (χ2v) is 5.60. The molecule has 22 heavy (non-hydrogen) atoms. The fourth-order valence-corrected chi connectivity index (χ4v) is 2.61. The van der Waals surface area contributed by atoms with E-state index in [9.17, 15) is 4.79 Å². The molecule has 0 spiro atoms. The Labute approximate surface area is 131 Å². The molecule has 1 aromatic heterocycles. The minimum atomic E-state index is 0.0217. The maximum absolute atomic E-state index is 12.7. The first-order valence-electron chi connectivity index (χ1n) is 8.00. The number of nitrogens with zero attached hydrogens (tertiary/aromatic N) is 2. The van der Waals surface area contributed by atoms with Crippen LogP contribution in [0.2, 0.25) is 0 Å². The van der Waals surface area contributed by atoms with E-state index in [1.54, 1.807) is 11.7 Å². The number of aromatic nitrogens is 2. The topological polar surface area (TPSA) is 60.7 Å². The molecular formula is C17H26N3O2+. The fraction of sp³-hybridized carbons (Fsp3) is 0.529. The molecule has 1 atom stereocenters. The number of fused-ring (bicyclic) bond motifs is 1. The summed E-state index contributed by atoms with van der Waals surface area (Å²) in [6.07, 6.45) is 2.34. The highest BCUT2D eigenvalue weighted by atomic mass is 16.5. The third kappa shape index (κ3) is 3.72. The third-order valence-corrected chi connectivity index (χ3v) is 3.90. The summed E-state index contributed by atoms with van der Waals surface area (Å²) in [4.78, 5) is 17.5. The van der Waals surface area contributed by atoms with Crippen LogP contribution in [0.5, 0.6) is 0 Å². The average molecular weight is 304 g/mol. The molecule has 0 saturated carbocycles. The molecule has 5 heteroatoms. The molecule has 0 amide bonds. The summed E-state index contributed by atoms with van der Waals surface area (Å²) in [5, 5.41) is 2.92. The van der Waals surface area contributed by atoms with Crippen molar-refractivity contribution >= 4 is 10.9 Å². The maximum Gasteiger partial charge on any atom is 0.261 e. The van der Waals surface area contributed by atoms with Crippen molar-refractivity contribution in [2.45, 2.75) is 39.3 Å². The number of quaternary nitrogens is 1. The van der Waals surface area contributed by atoms with Crippen LogP contribution in [0.4, 0.5) is 0 Å². The van der Waals surface area contributed by atoms with Gasteiger partial charge < -0.3 is 10.1 Å². The number of ether oxygens (including phenoxy) is 1. The zero-order chi connectivity index (χ0) is 15.9. The van der Waals surface area contributed by atoms with E-state index in [-0.39, 0.29) is 11.6 Å². The minimum Gasteiger partial charge on any atom is -0.383 e. The van der Waals surface area contributed by atoms with Crippen molar-refractivity contribution in [1.82, 2.24) is 9.55 Å². The van der Waals surface area contributed by atoms with Gasteiger partial charge in [-0.3, -0.25) is 9.36 Å². The molecule has 2 N–H and O–H groups in total. The molecule has 0 aliphatic carbocycles. The first-order chi connectivity index (χ1) is 10.7. The van der Waals surface area contributed by atoms with Gasteiger partial charge in [0, 0.05) is 7.11 Å². The van der Waals surface area contributed by atoms with E-state index in [2.05, 4.69) is 19.2 Å². The van der Waals surface area contributed by atoms with Crippen molar-refractivity contribution in [3.8, 4) is 0 Å². The molecule has 2 aromatic rings. The fourth-order valence-electron chi connectivity index (χ4n) is 2.61. The predicted octanol–water partition coefficient (Wildman–Crippen LogP) is 1.47. The Hall–Kier alpha value is -1.72. The van der Waals surface area contributed by atoms with Crippen molar-refractivity contribution in [3.05, 3.63) is 40.4 Å². The molecule has 2 rings (SSSR count). The lowest BCUT2D eigenvalue weighted by Crippen LogP contribution is -2.85. The van der Waals surface area contributed by atoms with Crippen LogP contribution in [0.25, 0.3) is 10.9 Å². The lowest BCUT2D eigenvalue weighted by molar-refractivity contribution is -0.694. The molecule has 0 unspecified atom stereocenters. The van der Waals surface area contributed by atoms with Crippen molar-refractivity contribution in [1.29, 1.82) is 0 Å². The van der Waals surface area contributed by atoms with Gasteiger partial charge in [0.25, 0.3) is 5.56 Å². The quantitative estimate of drug-likeness (QED) is 0.751. The second kappa shape index (κ2) is 8.06. The van der Waals surface area contributed by atoms with Crippen LogP contribution in [-0.4, -0.2) is 29.8 Å². The zero-order valence-electron chi connectivity index (χ0n) is 13.7. The van der Waals surface area contributed by atoms with Crippen molar-refractivity contribution in [3.63, 3.8) is 0 Å². The van der Waals surface area contributed by atoms with Crippen LogP contribution in [0.3, 0.4) is 0 Å². The van der Waals surface area contributed by atoms with E-state index in [0.29, 0.717) is 18.5 Å². The Balaban J connectivity index is 2.42. The summed E-state index contributed by atoms with van der Waals surface area (Å²) >= 11 is 0. The number of hydrogen-bond donors (Lipinski definition) is 1. The average Bonchev–Trinajstić information content (AvgIpc) is 2.54. The standard InChI is InChI=1S/C17H25N3O2/c1-4-5-10-18-13(2)16-19-15-9-7-6-8-14(15)17(21)20(16)11-12-22-3/h6-9,13,18H,4-5,10-12H2,1-3H3/p+1/t13-/m1/s1. The minimum absolute atomic E-state index is 0.0217. The van der Waals surface area contributed by atoms with Crippen LogP contribution in [0.15, 0.2) is 29.1 Å². The second-order valence-electron chi connectivity index (χ2n) is 5.60. The number of rotatable bonds is 8. The molecule has 5 nitrogen and oxygen atoms in total. The Kier molecular flexibility index (Phi) is 6.10. The van der Waals surface area contributed by atoms with Gasteiger partial charge in [0.15, 0.2) is 5.82 Å². The first-order valence-corrected chi connectivity index (χ1v) is 8.00. The number of para-hydroxylation sites is 1. The third-order valence-electron chi connectivity index (χ3n) is 3.90. The molecule has 0 saturated heterocycles. The van der Waals surface area contributed by atoms with Gasteiger partial charge in [-0.1, -0.05) is 25.5 Å². The number of methoxy groups -OCH3 is 1. The molecule has 0 bridgehead atoms. The number of unbranched alkanes of at least 4 members (excludes halogenated alkanes) is 1. The molecule has 0 aliphatic heterocycles. The monoisotopic (exact) mass is 304 g/mol. The smallest absolute Gasteiger partial charge is 0.261 e. The van der Waals surface area contributed by atoms with Gasteiger partial charge in [-0.2, -0.15) is 0 Å². The summed E-state index contributed by atoms with van der Waals surface area (Å²) in [6.45, 7) is 6.38. The van der Waals surface area contributed by atoms with Crippen molar-refractivity contribution < 1.29 is 10.1 Å². The summed E-state index contributed by atoms with van der Waals surface area (Å²) < 4.78 is 6.91. The summed E-state index contributed by atoms with van der Waals surface area (Å²) in [5.41, 5.74) is 0.792. The summed E-state index contributed by atoms with van der Waals surface area (Å²) in [7, 11) is 1.65. The van der Waals surface area contributed by atoms with Gasteiger partial charge in [-0.25, -0.2) is 4.98 Å². The van der Waals surface area contributed by atoms with Gasteiger partial charge in [-0.05, 0) is 25.5 Å². The lowest BCUT2D eigenvalue weighted by atomic mass is 10.2. The predicted molar refractivity (Wildman–Crippen MR) is 88.0 cm³/mol. The number of nitrogens with two attached hydrogens (primary N) is 1. The Morgan fingerprint density at radius 3 is 2.86 bits per heavy atom. The van der Waals surface area contributed by atoms with E-state index in [1.165, 1.54) is 12.8 Å². The molecule has 1 aromatic carbocycles. The van der Waals surface area contributed by atoms with Crippen molar-refractivity contribution in [2.24, 2.45) is 0 Å². The van der Waals surface area contributed by atoms with E-state index < -0.39 is 0 Å². The zero-order valence-corrected chi connectivity index (χ0v) is 13.7. The van der Waals surface area contributed by atoms with E-state index in [1.807, 2.05) is 24.3 Å². The van der Waals surface area contributed by atoms with E-state index in [4.69, 9.17) is 9.72 Å². The Bertz CT molecular complexity index is 666.